The van der Waals surface area contributed by atoms with E-state index in [0.29, 0.717) is 23.6 Å². The lowest BCUT2D eigenvalue weighted by atomic mass is 9.94. The van der Waals surface area contributed by atoms with Crippen molar-refractivity contribution in [1.82, 2.24) is 9.80 Å². The first-order valence-corrected chi connectivity index (χ1v) is 13.8. The van der Waals surface area contributed by atoms with E-state index in [1.165, 1.54) is 12.1 Å². The van der Waals surface area contributed by atoms with E-state index in [9.17, 15) is 23.6 Å². The molecular formula is C30H35FN4O5. The summed E-state index contributed by atoms with van der Waals surface area (Å²) in [5.41, 5.74) is 7.10. The minimum Gasteiger partial charge on any atom is -0.427 e. The Morgan fingerprint density at radius 2 is 1.85 bits per heavy atom. The Labute approximate surface area is 232 Å². The molecule has 212 valence electrons. The fraction of sp³-hybridized carbons (Fsp3) is 0.467. The van der Waals surface area contributed by atoms with E-state index in [-0.39, 0.29) is 42.6 Å². The van der Waals surface area contributed by atoms with Gasteiger partial charge in [0.25, 0.3) is 5.91 Å². The number of hydrogen-bond acceptors (Lipinski definition) is 6. The number of rotatable bonds is 9. The molecule has 5 rings (SSSR count). The maximum absolute atomic E-state index is 13.7. The van der Waals surface area contributed by atoms with Gasteiger partial charge in [-0.05, 0) is 73.4 Å². The maximum Gasteiger partial charge on any atom is 0.418 e. The molecule has 1 heterocycles. The van der Waals surface area contributed by atoms with Crippen LogP contribution in [0.3, 0.4) is 0 Å². The zero-order valence-electron chi connectivity index (χ0n) is 23.0. The molecule has 4 amide bonds. The third-order valence-electron chi connectivity index (χ3n) is 8.32. The monoisotopic (exact) mass is 550 g/mol. The standard InChI is InChI=1S/C30H35FN4O5/c1-17(2)26(32)27(37)33-23-10-11-24-21(14-23)12-13-30(24)28(38)35(29(39)40-30)16-25(36)34(18(3)20-6-7-20)15-19-4-8-22(31)9-5-19/h4-5,8-11,14,17-18,20,26H,6-7,12-13,15-16,32H2,1-3H3,(H,33,37)/t18-,26+,30+/m0/s1. The second-order valence-corrected chi connectivity index (χ2v) is 11.4. The van der Waals surface area contributed by atoms with Gasteiger partial charge in [0.2, 0.25) is 17.4 Å². The Kier molecular flexibility index (Phi) is 7.39. The lowest BCUT2D eigenvalue weighted by molar-refractivity contribution is -0.143. The van der Waals surface area contributed by atoms with E-state index in [2.05, 4.69) is 5.32 Å². The van der Waals surface area contributed by atoms with Crippen LogP contribution in [0.4, 0.5) is 14.9 Å². The van der Waals surface area contributed by atoms with Gasteiger partial charge < -0.3 is 20.7 Å². The van der Waals surface area contributed by atoms with Gasteiger partial charge in [-0.1, -0.05) is 32.0 Å². The van der Waals surface area contributed by atoms with Crippen LogP contribution in [0.15, 0.2) is 42.5 Å². The highest BCUT2D eigenvalue weighted by molar-refractivity contribution is 6.06. The van der Waals surface area contributed by atoms with Crippen molar-refractivity contribution in [2.75, 3.05) is 11.9 Å². The van der Waals surface area contributed by atoms with Crippen molar-refractivity contribution < 1.29 is 28.3 Å². The number of ether oxygens (including phenoxy) is 1. The van der Waals surface area contributed by atoms with Crippen LogP contribution in [0, 0.1) is 17.7 Å². The van der Waals surface area contributed by atoms with Crippen LogP contribution in [-0.2, 0) is 37.7 Å². The fourth-order valence-electron chi connectivity index (χ4n) is 5.56. The molecule has 2 aromatic rings. The van der Waals surface area contributed by atoms with E-state index in [4.69, 9.17) is 10.5 Å². The van der Waals surface area contributed by atoms with Crippen LogP contribution in [0.5, 0.6) is 0 Å². The SMILES string of the molecule is CC(C)[C@@H](N)C(=O)Nc1ccc2c(c1)CC[C@@]21OC(=O)N(CC(=O)N(Cc2ccc(F)cc2)[C@@H](C)C2CC2)C1=O. The van der Waals surface area contributed by atoms with Crippen LogP contribution in [-0.4, -0.2) is 52.2 Å². The summed E-state index contributed by atoms with van der Waals surface area (Å²) in [5, 5.41) is 2.81. The van der Waals surface area contributed by atoms with E-state index in [1.54, 1.807) is 35.2 Å². The molecule has 0 aromatic heterocycles. The summed E-state index contributed by atoms with van der Waals surface area (Å²) in [5.74, 6) is -1.28. The molecule has 0 bridgehead atoms. The van der Waals surface area contributed by atoms with Crippen LogP contribution in [0.2, 0.25) is 0 Å². The third-order valence-corrected chi connectivity index (χ3v) is 8.32. The molecule has 2 aromatic carbocycles. The molecule has 1 spiro atoms. The van der Waals surface area contributed by atoms with Crippen molar-refractivity contribution in [3.8, 4) is 0 Å². The summed E-state index contributed by atoms with van der Waals surface area (Å²) in [4.78, 5) is 55.2. The predicted octanol–water partition coefficient (Wildman–Crippen LogP) is 3.70. The van der Waals surface area contributed by atoms with Crippen LogP contribution in [0.1, 0.15) is 56.7 Å². The van der Waals surface area contributed by atoms with E-state index < -0.39 is 30.2 Å². The summed E-state index contributed by atoms with van der Waals surface area (Å²) < 4.78 is 19.1. The Morgan fingerprint density at radius 1 is 1.15 bits per heavy atom. The van der Waals surface area contributed by atoms with Gasteiger partial charge in [0, 0.05) is 30.3 Å². The highest BCUT2D eigenvalue weighted by Gasteiger charge is 2.58. The quantitative estimate of drug-likeness (QED) is 0.491. The highest BCUT2D eigenvalue weighted by atomic mass is 19.1. The zero-order valence-corrected chi connectivity index (χ0v) is 23.0. The summed E-state index contributed by atoms with van der Waals surface area (Å²) in [6, 6.07) is 10.3. The molecular weight excluding hydrogens is 515 g/mol. The highest BCUT2D eigenvalue weighted by Crippen LogP contribution is 2.46. The number of benzene rings is 2. The zero-order chi connectivity index (χ0) is 28.8. The molecule has 9 nitrogen and oxygen atoms in total. The van der Waals surface area contributed by atoms with Crippen molar-refractivity contribution in [3.63, 3.8) is 0 Å². The molecule has 40 heavy (non-hydrogen) atoms. The minimum atomic E-state index is -1.49. The van der Waals surface area contributed by atoms with Gasteiger partial charge in [-0.2, -0.15) is 0 Å². The number of imide groups is 1. The van der Waals surface area contributed by atoms with Gasteiger partial charge in [-0.3, -0.25) is 14.4 Å². The first kappa shape index (κ1) is 27.8. The molecule has 2 fully saturated rings. The van der Waals surface area contributed by atoms with Crippen molar-refractivity contribution in [3.05, 3.63) is 65.0 Å². The van der Waals surface area contributed by atoms with Gasteiger partial charge in [-0.25, -0.2) is 14.1 Å². The van der Waals surface area contributed by atoms with Crippen molar-refractivity contribution in [2.45, 2.75) is 70.7 Å². The summed E-state index contributed by atoms with van der Waals surface area (Å²) in [7, 11) is 0. The van der Waals surface area contributed by atoms with Gasteiger partial charge in [-0.15, -0.1) is 0 Å². The number of nitrogens with one attached hydrogen (secondary N) is 1. The Morgan fingerprint density at radius 3 is 2.50 bits per heavy atom. The first-order valence-electron chi connectivity index (χ1n) is 13.8. The molecule has 1 aliphatic heterocycles. The third kappa shape index (κ3) is 5.20. The lowest BCUT2D eigenvalue weighted by Gasteiger charge is -2.30. The maximum atomic E-state index is 13.7. The number of aryl methyl sites for hydroxylation is 1. The summed E-state index contributed by atoms with van der Waals surface area (Å²) >= 11 is 0. The van der Waals surface area contributed by atoms with Crippen LogP contribution < -0.4 is 11.1 Å². The topological polar surface area (TPSA) is 122 Å². The predicted molar refractivity (Wildman–Crippen MR) is 145 cm³/mol. The van der Waals surface area contributed by atoms with Gasteiger partial charge in [0.1, 0.15) is 12.4 Å². The number of anilines is 1. The molecule has 3 aliphatic rings. The number of nitrogens with zero attached hydrogens (tertiary/aromatic N) is 2. The Balaban J connectivity index is 1.32. The molecule has 10 heteroatoms. The second kappa shape index (κ2) is 10.6. The van der Waals surface area contributed by atoms with Crippen molar-refractivity contribution in [2.24, 2.45) is 17.6 Å². The normalized spacial score (nSPS) is 21.4. The van der Waals surface area contributed by atoms with Crippen molar-refractivity contribution >= 4 is 29.5 Å². The molecule has 1 saturated carbocycles. The molecule has 0 unspecified atom stereocenters. The lowest BCUT2D eigenvalue weighted by Crippen LogP contribution is -2.47. The number of amides is 4. The number of nitrogens with two attached hydrogens (primary N) is 1. The average molecular weight is 551 g/mol. The van der Waals surface area contributed by atoms with Crippen molar-refractivity contribution in [1.29, 1.82) is 0 Å². The van der Waals surface area contributed by atoms with Crippen LogP contribution in [0.25, 0.3) is 0 Å². The Bertz CT molecular complexity index is 1340. The largest absolute Gasteiger partial charge is 0.427 e. The smallest absolute Gasteiger partial charge is 0.418 e. The van der Waals surface area contributed by atoms with Crippen LogP contribution >= 0.6 is 0 Å². The molecule has 3 atom stereocenters. The van der Waals surface area contributed by atoms with E-state index in [1.807, 2.05) is 20.8 Å². The van der Waals surface area contributed by atoms with Gasteiger partial charge in [0.05, 0.1) is 6.04 Å². The fourth-order valence-corrected chi connectivity index (χ4v) is 5.56. The number of hydrogen-bond donors (Lipinski definition) is 2. The summed E-state index contributed by atoms with van der Waals surface area (Å²) in [6.45, 7) is 5.50. The molecule has 1 saturated heterocycles. The summed E-state index contributed by atoms with van der Waals surface area (Å²) in [6.07, 6.45) is 1.87. The van der Waals surface area contributed by atoms with Gasteiger partial charge in [0.15, 0.2) is 0 Å². The van der Waals surface area contributed by atoms with Gasteiger partial charge >= 0.3 is 6.09 Å². The van der Waals surface area contributed by atoms with E-state index in [0.717, 1.165) is 28.9 Å². The molecule has 2 aliphatic carbocycles. The second-order valence-electron chi connectivity index (χ2n) is 11.4. The molecule has 3 N–H and O–H groups in total. The molecule has 0 radical (unpaired) electrons. The number of carbonyl (C=O) groups is 4. The first-order chi connectivity index (χ1) is 19.0. The minimum absolute atomic E-state index is 0.0270. The van der Waals surface area contributed by atoms with E-state index >= 15 is 0 Å². The number of halogens is 1. The average Bonchev–Trinajstić information content (AvgIpc) is 3.68. The Hall–Kier alpha value is -3.79. The number of carbonyl (C=O) groups excluding carboxylic acids is 4. The number of fused-ring (bicyclic) bond motifs is 2.